The van der Waals surface area contributed by atoms with Crippen LogP contribution in [0.5, 0.6) is 5.75 Å². The highest BCUT2D eigenvalue weighted by atomic mass is 35.5. The van der Waals surface area contributed by atoms with E-state index in [0.29, 0.717) is 12.3 Å². The Morgan fingerprint density at radius 2 is 2.00 bits per heavy atom. The quantitative estimate of drug-likeness (QED) is 0.859. The summed E-state index contributed by atoms with van der Waals surface area (Å²) in [5.41, 5.74) is 1.53. The molecule has 108 valence electrons. The van der Waals surface area contributed by atoms with E-state index < -0.39 is 0 Å². The third kappa shape index (κ3) is 4.54. The van der Waals surface area contributed by atoms with Crippen LogP contribution in [0.3, 0.4) is 0 Å². The van der Waals surface area contributed by atoms with Crippen LogP contribution in [-0.4, -0.2) is 48.6 Å². The van der Waals surface area contributed by atoms with Crippen LogP contribution in [0.4, 0.5) is 4.79 Å². The Labute approximate surface area is 124 Å². The second-order valence-electron chi connectivity index (χ2n) is 4.68. The Kier molecular flexibility index (Phi) is 5.89. The molecule has 5 heteroatoms. The minimum absolute atomic E-state index is 0.272. The average molecular weight is 295 g/mol. The lowest BCUT2D eigenvalue weighted by atomic mass is 10.3. The molecule has 1 saturated heterocycles. The molecule has 0 atom stereocenters. The first kappa shape index (κ1) is 14.9. The summed E-state index contributed by atoms with van der Waals surface area (Å²) in [6.07, 6.45) is 2.59. The van der Waals surface area contributed by atoms with Gasteiger partial charge in [-0.2, -0.15) is 0 Å². The molecule has 1 aliphatic heterocycles. The molecule has 0 aromatic heterocycles. The van der Waals surface area contributed by atoms with Gasteiger partial charge in [-0.3, -0.25) is 4.90 Å². The second kappa shape index (κ2) is 7.92. The van der Waals surface area contributed by atoms with Crippen molar-refractivity contribution < 1.29 is 9.53 Å². The number of ether oxygens (including phenoxy) is 1. The van der Waals surface area contributed by atoms with Gasteiger partial charge in [0.05, 0.1) is 0 Å². The Morgan fingerprint density at radius 1 is 1.20 bits per heavy atom. The number of carbonyl (C=O) groups excluding carboxylic acids is 1. The van der Waals surface area contributed by atoms with E-state index in [2.05, 4.69) is 4.90 Å². The van der Waals surface area contributed by atoms with Gasteiger partial charge < -0.3 is 9.64 Å². The highest BCUT2D eigenvalue weighted by molar-refractivity contribution is 6.25. The van der Waals surface area contributed by atoms with Gasteiger partial charge in [-0.25, -0.2) is 4.79 Å². The fraction of sp³-hybridized carbons (Fsp3) is 0.400. The zero-order valence-corrected chi connectivity index (χ0v) is 12.1. The van der Waals surface area contributed by atoms with Crippen LogP contribution in [0, 0.1) is 0 Å². The van der Waals surface area contributed by atoms with Crippen molar-refractivity contribution in [3.05, 3.63) is 41.9 Å². The maximum absolute atomic E-state index is 12.1. The van der Waals surface area contributed by atoms with Gasteiger partial charge in [-0.15, -0.1) is 0 Å². The predicted octanol–water partition coefficient (Wildman–Crippen LogP) is 2.95. The first-order valence-corrected chi connectivity index (χ1v) is 7.22. The van der Waals surface area contributed by atoms with E-state index in [0.717, 1.165) is 32.6 Å². The topological polar surface area (TPSA) is 32.8 Å². The Balaban J connectivity index is 1.85. The molecule has 1 fully saturated rings. The summed E-state index contributed by atoms with van der Waals surface area (Å²) in [6.45, 7) is 4.04. The number of nitrogens with zero attached hydrogens (tertiary/aromatic N) is 2. The molecule has 4 nitrogen and oxygen atoms in total. The molecule has 1 amide bonds. The monoisotopic (exact) mass is 294 g/mol. The standard InChI is InChI=1S/C15H19ClN2O2/c16-8-4-9-17-10-5-11-18(13-12-17)15(19)20-14-6-2-1-3-7-14/h1-4,6-8H,5,9-13H2/b8-4+. The van der Waals surface area contributed by atoms with Crippen molar-refractivity contribution in [2.24, 2.45) is 0 Å². The van der Waals surface area contributed by atoms with Gasteiger partial charge in [0.25, 0.3) is 0 Å². The van der Waals surface area contributed by atoms with E-state index in [1.54, 1.807) is 17.0 Å². The van der Waals surface area contributed by atoms with Crippen molar-refractivity contribution >= 4 is 17.7 Å². The van der Waals surface area contributed by atoms with Gasteiger partial charge in [0.1, 0.15) is 5.75 Å². The normalized spacial score (nSPS) is 17.1. The smallest absolute Gasteiger partial charge is 0.410 e. The molecular weight excluding hydrogens is 276 g/mol. The molecule has 0 aliphatic carbocycles. The van der Waals surface area contributed by atoms with Crippen molar-refractivity contribution in [3.8, 4) is 5.75 Å². The van der Waals surface area contributed by atoms with Gasteiger partial charge in [0.15, 0.2) is 0 Å². The highest BCUT2D eigenvalue weighted by Gasteiger charge is 2.20. The van der Waals surface area contributed by atoms with Crippen molar-refractivity contribution in [3.63, 3.8) is 0 Å². The number of halogens is 1. The third-order valence-corrected chi connectivity index (χ3v) is 3.43. The van der Waals surface area contributed by atoms with Crippen molar-refractivity contribution in [2.45, 2.75) is 6.42 Å². The van der Waals surface area contributed by atoms with Gasteiger partial charge in [0.2, 0.25) is 0 Å². The number of para-hydroxylation sites is 1. The minimum Gasteiger partial charge on any atom is -0.410 e. The number of benzene rings is 1. The van der Waals surface area contributed by atoms with Crippen LogP contribution in [0.15, 0.2) is 41.9 Å². The molecule has 0 radical (unpaired) electrons. The molecule has 1 aromatic rings. The summed E-state index contributed by atoms with van der Waals surface area (Å²) < 4.78 is 5.36. The van der Waals surface area contributed by atoms with Crippen molar-refractivity contribution in [1.82, 2.24) is 9.80 Å². The molecule has 0 spiro atoms. The summed E-state index contributed by atoms with van der Waals surface area (Å²) in [7, 11) is 0. The van der Waals surface area contributed by atoms with E-state index >= 15 is 0 Å². The molecule has 2 rings (SSSR count). The lowest BCUT2D eigenvalue weighted by Crippen LogP contribution is -2.37. The molecule has 0 N–H and O–H groups in total. The molecule has 1 aliphatic rings. The Morgan fingerprint density at radius 3 is 2.75 bits per heavy atom. The lowest BCUT2D eigenvalue weighted by molar-refractivity contribution is 0.153. The minimum atomic E-state index is -0.272. The summed E-state index contributed by atoms with van der Waals surface area (Å²) in [5, 5.41) is 0. The molecular formula is C15H19ClN2O2. The van der Waals surface area contributed by atoms with Gasteiger partial charge in [-0.1, -0.05) is 35.9 Å². The number of hydrogen-bond acceptors (Lipinski definition) is 3. The molecule has 1 heterocycles. The summed E-state index contributed by atoms with van der Waals surface area (Å²) in [6, 6.07) is 9.17. The molecule has 20 heavy (non-hydrogen) atoms. The van der Waals surface area contributed by atoms with Gasteiger partial charge in [-0.05, 0) is 18.6 Å². The Bertz CT molecular complexity index is 450. The number of rotatable bonds is 3. The Hall–Kier alpha value is -1.52. The maximum Gasteiger partial charge on any atom is 0.415 e. The van der Waals surface area contributed by atoms with Crippen molar-refractivity contribution in [1.29, 1.82) is 0 Å². The fourth-order valence-corrected chi connectivity index (χ4v) is 2.26. The molecule has 1 aromatic carbocycles. The van der Waals surface area contributed by atoms with Crippen LogP contribution >= 0.6 is 11.6 Å². The zero-order valence-electron chi connectivity index (χ0n) is 11.4. The average Bonchev–Trinajstić information content (AvgIpc) is 2.72. The fourth-order valence-electron chi connectivity index (χ4n) is 2.18. The van der Waals surface area contributed by atoms with E-state index in [-0.39, 0.29) is 6.09 Å². The molecule has 0 bridgehead atoms. The first-order chi connectivity index (χ1) is 9.79. The maximum atomic E-state index is 12.1. The number of carbonyl (C=O) groups is 1. The largest absolute Gasteiger partial charge is 0.415 e. The lowest BCUT2D eigenvalue weighted by Gasteiger charge is -2.20. The first-order valence-electron chi connectivity index (χ1n) is 6.79. The van der Waals surface area contributed by atoms with E-state index in [1.165, 1.54) is 5.54 Å². The second-order valence-corrected chi connectivity index (χ2v) is 4.94. The number of hydrogen-bond donors (Lipinski definition) is 0. The van der Waals surface area contributed by atoms with Crippen LogP contribution in [0.1, 0.15) is 6.42 Å². The van der Waals surface area contributed by atoms with Crippen LogP contribution in [-0.2, 0) is 0 Å². The molecule has 0 saturated carbocycles. The summed E-state index contributed by atoms with van der Waals surface area (Å²) in [5.74, 6) is 0.587. The zero-order chi connectivity index (χ0) is 14.2. The molecule has 0 unspecified atom stereocenters. The van der Waals surface area contributed by atoms with Crippen LogP contribution in [0.2, 0.25) is 0 Å². The highest BCUT2D eigenvalue weighted by Crippen LogP contribution is 2.11. The third-order valence-electron chi connectivity index (χ3n) is 3.25. The summed E-state index contributed by atoms with van der Waals surface area (Å²) >= 11 is 5.54. The van der Waals surface area contributed by atoms with Crippen LogP contribution < -0.4 is 4.74 Å². The van der Waals surface area contributed by atoms with Gasteiger partial charge >= 0.3 is 6.09 Å². The SMILES string of the molecule is O=C(Oc1ccccc1)N1CCCN(C/C=C/Cl)CC1. The van der Waals surface area contributed by atoms with Gasteiger partial charge in [0, 0.05) is 38.3 Å². The number of amides is 1. The predicted molar refractivity (Wildman–Crippen MR) is 80.1 cm³/mol. The van der Waals surface area contributed by atoms with E-state index in [4.69, 9.17) is 16.3 Å². The van der Waals surface area contributed by atoms with E-state index in [1.807, 2.05) is 24.3 Å². The van der Waals surface area contributed by atoms with E-state index in [9.17, 15) is 4.79 Å². The van der Waals surface area contributed by atoms with Crippen LogP contribution in [0.25, 0.3) is 0 Å². The van der Waals surface area contributed by atoms with Crippen molar-refractivity contribution in [2.75, 3.05) is 32.7 Å². The summed E-state index contributed by atoms with van der Waals surface area (Å²) in [4.78, 5) is 16.1.